The normalized spacial score (nSPS) is 32.9. The number of rotatable bonds is 3. The molecular weight excluding hydrogens is 322 g/mol. The van der Waals surface area contributed by atoms with Crippen molar-refractivity contribution >= 4 is 17.7 Å². The molecule has 134 valence electrons. The number of amides is 1. The van der Waals surface area contributed by atoms with Crippen molar-refractivity contribution < 1.29 is 19.4 Å². The van der Waals surface area contributed by atoms with E-state index in [9.17, 15) is 9.59 Å². The minimum absolute atomic E-state index is 0.0135. The monoisotopic (exact) mass is 345 g/mol. The number of carboxylic acid groups (broad SMARTS) is 1. The molecule has 1 saturated carbocycles. The van der Waals surface area contributed by atoms with Gasteiger partial charge in [-0.2, -0.15) is 0 Å². The average Bonchev–Trinajstić information content (AvgIpc) is 3.19. The molecule has 7 heteroatoms. The molecule has 1 aliphatic carbocycles. The molecule has 7 nitrogen and oxygen atoms in total. The number of anilines is 1. The van der Waals surface area contributed by atoms with Gasteiger partial charge in [0.25, 0.3) is 0 Å². The number of hydrogen-bond acceptors (Lipinski definition) is 5. The van der Waals surface area contributed by atoms with Crippen LogP contribution in [0, 0.1) is 5.92 Å². The summed E-state index contributed by atoms with van der Waals surface area (Å²) in [5, 5.41) is 11.5. The third-order valence-electron chi connectivity index (χ3n) is 5.92. The Labute approximate surface area is 146 Å². The van der Waals surface area contributed by atoms with Crippen molar-refractivity contribution in [3.8, 4) is 5.75 Å². The summed E-state index contributed by atoms with van der Waals surface area (Å²) in [6, 6.07) is 5.41. The summed E-state index contributed by atoms with van der Waals surface area (Å²) < 4.78 is 5.40. The molecule has 0 spiro atoms. The van der Waals surface area contributed by atoms with Gasteiger partial charge >= 0.3 is 12.1 Å². The number of carboxylic acids is 1. The highest BCUT2D eigenvalue weighted by Crippen LogP contribution is 2.51. The van der Waals surface area contributed by atoms with Crippen LogP contribution in [0.4, 0.5) is 10.5 Å². The molecule has 2 N–H and O–H groups in total. The SMILES string of the molecule is CN1CC[C@@]2(C)c3cc(OC(=O)N[C@@H]4C[C@@H]4C(=O)O)ccc3N(C)C12. The maximum Gasteiger partial charge on any atom is 0.412 e. The second-order valence-electron chi connectivity index (χ2n) is 7.63. The molecule has 2 heterocycles. The van der Waals surface area contributed by atoms with Crippen LogP contribution >= 0.6 is 0 Å². The first-order valence-corrected chi connectivity index (χ1v) is 8.60. The summed E-state index contributed by atoms with van der Waals surface area (Å²) >= 11 is 0. The van der Waals surface area contributed by atoms with Crippen LogP contribution in [0.15, 0.2) is 18.2 Å². The summed E-state index contributed by atoms with van der Waals surface area (Å²) in [5.74, 6) is -0.876. The van der Waals surface area contributed by atoms with Crippen LogP contribution in [0.3, 0.4) is 0 Å². The maximum absolute atomic E-state index is 12.0. The number of carbonyl (C=O) groups excluding carboxylic acids is 1. The molecular formula is C18H23N3O4. The lowest BCUT2D eigenvalue weighted by Crippen LogP contribution is -2.45. The van der Waals surface area contributed by atoms with E-state index in [-0.39, 0.29) is 11.5 Å². The summed E-state index contributed by atoms with van der Waals surface area (Å²) in [6.45, 7) is 3.30. The van der Waals surface area contributed by atoms with Crippen molar-refractivity contribution in [3.63, 3.8) is 0 Å². The van der Waals surface area contributed by atoms with Gasteiger partial charge in [0.1, 0.15) is 5.75 Å². The summed E-state index contributed by atoms with van der Waals surface area (Å²) in [6.07, 6.45) is 1.24. The molecule has 2 fully saturated rings. The van der Waals surface area contributed by atoms with Crippen molar-refractivity contribution in [2.75, 3.05) is 25.5 Å². The highest BCUT2D eigenvalue weighted by Gasteiger charge is 2.52. The van der Waals surface area contributed by atoms with Crippen LogP contribution < -0.4 is 15.0 Å². The second-order valence-corrected chi connectivity index (χ2v) is 7.63. The molecule has 1 saturated heterocycles. The fraction of sp³-hybridized carbons (Fsp3) is 0.556. The van der Waals surface area contributed by atoms with E-state index in [0.29, 0.717) is 18.3 Å². The summed E-state index contributed by atoms with van der Waals surface area (Å²) in [5.41, 5.74) is 2.38. The predicted octanol–water partition coefficient (Wildman–Crippen LogP) is 1.62. The van der Waals surface area contributed by atoms with Crippen molar-refractivity contribution in [1.29, 1.82) is 0 Å². The molecule has 1 amide bonds. The number of fused-ring (bicyclic) bond motifs is 3. The Hall–Kier alpha value is -2.28. The minimum atomic E-state index is -0.879. The van der Waals surface area contributed by atoms with Gasteiger partial charge < -0.3 is 20.1 Å². The molecule has 0 radical (unpaired) electrons. The first-order chi connectivity index (χ1) is 11.8. The molecule has 2 aliphatic heterocycles. The van der Waals surface area contributed by atoms with Gasteiger partial charge in [0.2, 0.25) is 0 Å². The molecule has 4 rings (SSSR count). The molecule has 25 heavy (non-hydrogen) atoms. The molecule has 4 atom stereocenters. The standard InChI is InChI=1S/C18H23N3O4/c1-18-6-7-20(2)16(18)21(3)14-5-4-10(8-12(14)18)25-17(24)19-13-9-11(13)15(22)23/h4-5,8,11,13,16H,6-7,9H2,1-3H3,(H,19,24)(H,22,23)/t11-,13+,16?,18-/m0/s1. The highest BCUT2D eigenvalue weighted by atomic mass is 16.6. The Bertz CT molecular complexity index is 752. The number of benzene rings is 1. The van der Waals surface area contributed by atoms with E-state index in [0.717, 1.165) is 13.0 Å². The number of nitrogens with one attached hydrogen (secondary N) is 1. The van der Waals surface area contributed by atoms with Gasteiger partial charge in [-0.15, -0.1) is 0 Å². The Kier molecular flexibility index (Phi) is 3.47. The van der Waals surface area contributed by atoms with Crippen molar-refractivity contribution in [1.82, 2.24) is 10.2 Å². The number of aliphatic carboxylic acids is 1. The molecule has 0 bridgehead atoms. The van der Waals surface area contributed by atoms with E-state index in [1.807, 2.05) is 12.1 Å². The second kappa shape index (κ2) is 5.36. The van der Waals surface area contributed by atoms with Gasteiger partial charge in [0.05, 0.1) is 12.1 Å². The van der Waals surface area contributed by atoms with E-state index in [1.165, 1.54) is 11.3 Å². The zero-order valence-electron chi connectivity index (χ0n) is 14.7. The van der Waals surface area contributed by atoms with E-state index in [2.05, 4.69) is 36.1 Å². The van der Waals surface area contributed by atoms with Crippen molar-refractivity contribution in [2.24, 2.45) is 5.92 Å². The summed E-state index contributed by atoms with van der Waals surface area (Å²) in [4.78, 5) is 27.5. The van der Waals surface area contributed by atoms with Crippen molar-refractivity contribution in [3.05, 3.63) is 23.8 Å². The first kappa shape index (κ1) is 16.2. The quantitative estimate of drug-likeness (QED) is 0.866. The maximum atomic E-state index is 12.0. The van der Waals surface area contributed by atoms with E-state index < -0.39 is 18.0 Å². The van der Waals surface area contributed by atoms with Gasteiger partial charge in [-0.05, 0) is 43.7 Å². The largest absolute Gasteiger partial charge is 0.481 e. The topological polar surface area (TPSA) is 82.1 Å². The molecule has 3 aliphatic rings. The number of ether oxygens (including phenoxy) is 1. The fourth-order valence-electron chi connectivity index (χ4n) is 4.53. The van der Waals surface area contributed by atoms with Gasteiger partial charge in [-0.25, -0.2) is 4.79 Å². The van der Waals surface area contributed by atoms with E-state index >= 15 is 0 Å². The Morgan fingerprint density at radius 2 is 2.12 bits per heavy atom. The number of nitrogens with zero attached hydrogens (tertiary/aromatic N) is 2. The smallest absolute Gasteiger partial charge is 0.412 e. The van der Waals surface area contributed by atoms with Gasteiger partial charge in [-0.1, -0.05) is 6.92 Å². The first-order valence-electron chi connectivity index (χ1n) is 8.60. The molecule has 1 aromatic rings. The average molecular weight is 345 g/mol. The van der Waals surface area contributed by atoms with E-state index in [1.54, 1.807) is 6.07 Å². The minimum Gasteiger partial charge on any atom is -0.481 e. The third kappa shape index (κ3) is 2.45. The van der Waals surface area contributed by atoms with Crippen LogP contribution in [-0.4, -0.2) is 54.9 Å². The van der Waals surface area contributed by atoms with Crippen LogP contribution in [0.5, 0.6) is 5.75 Å². The lowest BCUT2D eigenvalue weighted by molar-refractivity contribution is -0.138. The Balaban J connectivity index is 1.50. The Morgan fingerprint density at radius 3 is 2.80 bits per heavy atom. The zero-order chi connectivity index (χ0) is 17.9. The van der Waals surface area contributed by atoms with Crippen LogP contribution in [0.1, 0.15) is 25.3 Å². The molecule has 1 unspecified atom stereocenters. The van der Waals surface area contributed by atoms with Gasteiger partial charge in [-0.3, -0.25) is 9.69 Å². The zero-order valence-corrected chi connectivity index (χ0v) is 14.7. The fourth-order valence-corrected chi connectivity index (χ4v) is 4.53. The van der Waals surface area contributed by atoms with Crippen molar-refractivity contribution in [2.45, 2.75) is 37.4 Å². The van der Waals surface area contributed by atoms with Crippen LogP contribution in [-0.2, 0) is 10.2 Å². The number of likely N-dealkylation sites (tertiary alicyclic amines) is 1. The van der Waals surface area contributed by atoms with Gasteiger partial charge in [0.15, 0.2) is 0 Å². The lowest BCUT2D eigenvalue weighted by atomic mass is 9.81. The van der Waals surface area contributed by atoms with E-state index in [4.69, 9.17) is 9.84 Å². The number of carbonyl (C=O) groups is 2. The number of hydrogen-bond donors (Lipinski definition) is 2. The predicted molar refractivity (Wildman–Crippen MR) is 91.9 cm³/mol. The lowest BCUT2D eigenvalue weighted by Gasteiger charge is -2.32. The molecule has 0 aromatic heterocycles. The Morgan fingerprint density at radius 1 is 1.36 bits per heavy atom. The van der Waals surface area contributed by atoms with Crippen LogP contribution in [0.2, 0.25) is 0 Å². The number of likely N-dealkylation sites (N-methyl/N-ethyl adjacent to an activating group) is 2. The third-order valence-corrected chi connectivity index (χ3v) is 5.92. The molecule has 1 aromatic carbocycles. The van der Waals surface area contributed by atoms with Gasteiger partial charge in [0, 0.05) is 30.7 Å². The van der Waals surface area contributed by atoms with Crippen LogP contribution in [0.25, 0.3) is 0 Å². The summed E-state index contributed by atoms with van der Waals surface area (Å²) in [7, 11) is 4.24. The highest BCUT2D eigenvalue weighted by molar-refractivity contribution is 5.78.